The molecular weight excluding hydrogens is 156 g/mol. The Balaban J connectivity index is 2.59. The van der Waals surface area contributed by atoms with Crippen molar-refractivity contribution in [3.63, 3.8) is 0 Å². The first kappa shape index (κ1) is 9.23. The van der Waals surface area contributed by atoms with Crippen molar-refractivity contribution in [2.75, 3.05) is 6.61 Å². The number of carbonyl (C=O) groups is 2. The molecule has 3 nitrogen and oxygen atoms in total. The molecule has 1 aliphatic rings. The first-order chi connectivity index (χ1) is 5.75. The molecule has 12 heavy (non-hydrogen) atoms. The molecule has 1 heterocycles. The van der Waals surface area contributed by atoms with Gasteiger partial charge in [0.05, 0.1) is 6.61 Å². The Hall–Kier alpha value is -0.860. The van der Waals surface area contributed by atoms with Crippen LogP contribution in [0.15, 0.2) is 0 Å². The number of rotatable bonds is 2. The molecule has 0 aromatic carbocycles. The van der Waals surface area contributed by atoms with Crippen LogP contribution in [0, 0.1) is 5.92 Å². The lowest BCUT2D eigenvalue weighted by atomic mass is 9.97. The summed E-state index contributed by atoms with van der Waals surface area (Å²) in [5.74, 6) is -0.779. The number of esters is 1. The van der Waals surface area contributed by atoms with Crippen LogP contribution in [-0.4, -0.2) is 18.4 Å². The van der Waals surface area contributed by atoms with Gasteiger partial charge in [-0.15, -0.1) is 0 Å². The number of hydrogen-bond acceptors (Lipinski definition) is 3. The Bertz CT molecular complexity index is 186. The van der Waals surface area contributed by atoms with Crippen LogP contribution in [0.5, 0.6) is 0 Å². The maximum atomic E-state index is 11.2. The monoisotopic (exact) mass is 170 g/mol. The Kier molecular flexibility index (Phi) is 3.26. The first-order valence-corrected chi connectivity index (χ1v) is 4.45. The molecule has 0 saturated carbocycles. The molecule has 0 aromatic rings. The summed E-state index contributed by atoms with van der Waals surface area (Å²) in [5.41, 5.74) is 0. The zero-order chi connectivity index (χ0) is 8.97. The van der Waals surface area contributed by atoms with E-state index in [1.54, 1.807) is 6.92 Å². The molecule has 3 heteroatoms. The Morgan fingerprint density at radius 2 is 2.33 bits per heavy atom. The summed E-state index contributed by atoms with van der Waals surface area (Å²) >= 11 is 0. The molecule has 68 valence electrons. The fraction of sp³-hybridized carbons (Fsp3) is 0.778. The number of cyclic esters (lactones) is 1. The lowest BCUT2D eigenvalue weighted by Crippen LogP contribution is -2.23. The quantitative estimate of drug-likeness (QED) is 0.463. The number of Topliss-reactive ketones (excluding diaryl/α,β-unsaturated/α-hetero) is 1. The molecule has 1 fully saturated rings. The predicted octanol–water partition coefficient (Wildman–Crippen LogP) is 1.31. The molecule has 0 amide bonds. The van der Waals surface area contributed by atoms with Crippen LogP contribution in [-0.2, 0) is 14.3 Å². The highest BCUT2D eigenvalue weighted by molar-refractivity contribution is 5.98. The van der Waals surface area contributed by atoms with E-state index in [1.165, 1.54) is 0 Å². The van der Waals surface area contributed by atoms with Crippen LogP contribution in [0.4, 0.5) is 0 Å². The Labute approximate surface area is 72.1 Å². The topological polar surface area (TPSA) is 43.4 Å². The Morgan fingerprint density at radius 3 is 3.00 bits per heavy atom. The third kappa shape index (κ3) is 2.06. The van der Waals surface area contributed by atoms with E-state index in [-0.39, 0.29) is 11.8 Å². The molecule has 1 rings (SSSR count). The maximum absolute atomic E-state index is 11.2. The molecule has 0 aromatic heterocycles. The van der Waals surface area contributed by atoms with Crippen molar-refractivity contribution in [1.29, 1.82) is 0 Å². The van der Waals surface area contributed by atoms with Crippen LogP contribution in [0.2, 0.25) is 0 Å². The zero-order valence-corrected chi connectivity index (χ0v) is 7.34. The van der Waals surface area contributed by atoms with Gasteiger partial charge in [0.2, 0.25) is 0 Å². The smallest absolute Gasteiger partial charge is 0.316 e. The minimum absolute atomic E-state index is 0.0156. The van der Waals surface area contributed by atoms with E-state index in [9.17, 15) is 9.59 Å². The Morgan fingerprint density at radius 1 is 1.58 bits per heavy atom. The molecule has 0 spiro atoms. The van der Waals surface area contributed by atoms with E-state index in [4.69, 9.17) is 4.74 Å². The van der Waals surface area contributed by atoms with E-state index >= 15 is 0 Å². The van der Waals surface area contributed by atoms with Gasteiger partial charge in [0, 0.05) is 6.42 Å². The van der Waals surface area contributed by atoms with Gasteiger partial charge in [0.15, 0.2) is 0 Å². The van der Waals surface area contributed by atoms with Crippen LogP contribution in [0.1, 0.15) is 32.6 Å². The average molecular weight is 170 g/mol. The van der Waals surface area contributed by atoms with Gasteiger partial charge >= 0.3 is 5.97 Å². The van der Waals surface area contributed by atoms with Crippen molar-refractivity contribution in [2.45, 2.75) is 32.6 Å². The maximum Gasteiger partial charge on any atom is 0.316 e. The molecule has 0 aliphatic carbocycles. The van der Waals surface area contributed by atoms with E-state index in [0.717, 1.165) is 12.8 Å². The second-order valence-electron chi connectivity index (χ2n) is 3.04. The largest absolute Gasteiger partial charge is 0.465 e. The highest BCUT2D eigenvalue weighted by Crippen LogP contribution is 2.17. The van der Waals surface area contributed by atoms with Crippen molar-refractivity contribution in [3.8, 4) is 0 Å². The van der Waals surface area contributed by atoms with E-state index in [0.29, 0.717) is 19.4 Å². The average Bonchev–Trinajstić information content (AvgIpc) is 2.28. The molecule has 0 bridgehead atoms. The molecule has 0 N–H and O–H groups in total. The standard InChI is InChI=1S/C9H14O3/c1-2-8(10)7-5-3-4-6-12-9(7)11/h7H,2-6H2,1H3. The lowest BCUT2D eigenvalue weighted by Gasteiger charge is -2.08. The van der Waals surface area contributed by atoms with Crippen LogP contribution < -0.4 is 0 Å². The van der Waals surface area contributed by atoms with Gasteiger partial charge in [-0.3, -0.25) is 9.59 Å². The second-order valence-corrected chi connectivity index (χ2v) is 3.04. The van der Waals surface area contributed by atoms with Gasteiger partial charge in [-0.2, -0.15) is 0 Å². The summed E-state index contributed by atoms with van der Waals surface area (Å²) in [5, 5.41) is 0. The minimum Gasteiger partial charge on any atom is -0.465 e. The van der Waals surface area contributed by atoms with Crippen LogP contribution >= 0.6 is 0 Å². The normalized spacial score (nSPS) is 24.4. The van der Waals surface area contributed by atoms with E-state index in [1.807, 2.05) is 0 Å². The van der Waals surface area contributed by atoms with Gasteiger partial charge in [0.1, 0.15) is 11.7 Å². The number of ether oxygens (including phenoxy) is 1. The molecular formula is C9H14O3. The minimum atomic E-state index is -0.475. The van der Waals surface area contributed by atoms with Crippen molar-refractivity contribution < 1.29 is 14.3 Å². The summed E-state index contributed by atoms with van der Waals surface area (Å²) in [4.78, 5) is 22.4. The van der Waals surface area contributed by atoms with Gasteiger partial charge in [-0.25, -0.2) is 0 Å². The first-order valence-electron chi connectivity index (χ1n) is 4.45. The number of hydrogen-bond donors (Lipinski definition) is 0. The van der Waals surface area contributed by atoms with Crippen LogP contribution in [0.3, 0.4) is 0 Å². The van der Waals surface area contributed by atoms with E-state index in [2.05, 4.69) is 0 Å². The molecule has 1 atom stereocenters. The van der Waals surface area contributed by atoms with Gasteiger partial charge in [0.25, 0.3) is 0 Å². The molecule has 0 radical (unpaired) electrons. The zero-order valence-electron chi connectivity index (χ0n) is 7.34. The molecule has 1 unspecified atom stereocenters. The highest BCUT2D eigenvalue weighted by Gasteiger charge is 2.27. The lowest BCUT2D eigenvalue weighted by molar-refractivity contribution is -0.150. The van der Waals surface area contributed by atoms with Gasteiger partial charge < -0.3 is 4.74 Å². The van der Waals surface area contributed by atoms with E-state index < -0.39 is 5.92 Å². The van der Waals surface area contributed by atoms with Crippen molar-refractivity contribution in [1.82, 2.24) is 0 Å². The summed E-state index contributed by atoms with van der Waals surface area (Å²) in [7, 11) is 0. The summed E-state index contributed by atoms with van der Waals surface area (Å²) in [6.45, 7) is 2.26. The van der Waals surface area contributed by atoms with Crippen molar-refractivity contribution in [2.24, 2.45) is 5.92 Å². The van der Waals surface area contributed by atoms with Crippen molar-refractivity contribution >= 4 is 11.8 Å². The summed E-state index contributed by atoms with van der Waals surface area (Å²) in [6.07, 6.45) is 2.91. The second kappa shape index (κ2) is 4.24. The molecule has 1 saturated heterocycles. The summed E-state index contributed by atoms with van der Waals surface area (Å²) < 4.78 is 4.88. The SMILES string of the molecule is CCC(=O)C1CCCCOC1=O. The fourth-order valence-corrected chi connectivity index (χ4v) is 1.38. The number of carbonyl (C=O) groups excluding carboxylic acids is 2. The van der Waals surface area contributed by atoms with Gasteiger partial charge in [-0.1, -0.05) is 6.92 Å². The number of ketones is 1. The van der Waals surface area contributed by atoms with Crippen molar-refractivity contribution in [3.05, 3.63) is 0 Å². The predicted molar refractivity (Wildman–Crippen MR) is 43.6 cm³/mol. The molecule has 1 aliphatic heterocycles. The fourth-order valence-electron chi connectivity index (χ4n) is 1.38. The van der Waals surface area contributed by atoms with Gasteiger partial charge in [-0.05, 0) is 19.3 Å². The third-order valence-corrected chi connectivity index (χ3v) is 2.15. The third-order valence-electron chi connectivity index (χ3n) is 2.15. The summed E-state index contributed by atoms with van der Waals surface area (Å²) in [6, 6.07) is 0. The highest BCUT2D eigenvalue weighted by atomic mass is 16.5. The van der Waals surface area contributed by atoms with Crippen LogP contribution in [0.25, 0.3) is 0 Å².